The average molecular weight is 251 g/mol. The van der Waals surface area contributed by atoms with Gasteiger partial charge in [-0.25, -0.2) is 0 Å². The standard InChI is InChI=1S/C12H17N3O3/c1-12(2,11(14)17)15-10(16)7-18-9-5-3-4-8(13)6-9/h3-6H,7,13H2,1-2H3,(H2,14,17)(H,15,16). The Morgan fingerprint density at radius 3 is 2.61 bits per heavy atom. The van der Waals surface area contributed by atoms with E-state index >= 15 is 0 Å². The fraction of sp³-hybridized carbons (Fsp3) is 0.333. The predicted octanol–water partition coefficient (Wildman–Crippen LogP) is 0.0277. The Morgan fingerprint density at radius 1 is 1.39 bits per heavy atom. The second-order valence-electron chi connectivity index (χ2n) is 4.40. The van der Waals surface area contributed by atoms with Crippen molar-refractivity contribution >= 4 is 17.5 Å². The molecule has 18 heavy (non-hydrogen) atoms. The average Bonchev–Trinajstić information content (AvgIpc) is 2.25. The van der Waals surface area contributed by atoms with E-state index in [0.29, 0.717) is 11.4 Å². The first-order valence-corrected chi connectivity index (χ1v) is 5.40. The molecule has 1 aromatic carbocycles. The van der Waals surface area contributed by atoms with Crippen LogP contribution in [0, 0.1) is 0 Å². The largest absolute Gasteiger partial charge is 0.484 e. The van der Waals surface area contributed by atoms with Crippen LogP contribution in [-0.4, -0.2) is 24.0 Å². The number of rotatable bonds is 5. The molecule has 0 heterocycles. The molecule has 5 N–H and O–H groups in total. The molecule has 0 aromatic heterocycles. The molecule has 0 aliphatic rings. The minimum atomic E-state index is -1.10. The van der Waals surface area contributed by atoms with Crippen LogP contribution in [-0.2, 0) is 9.59 Å². The van der Waals surface area contributed by atoms with E-state index in [1.54, 1.807) is 24.3 Å². The summed E-state index contributed by atoms with van der Waals surface area (Å²) < 4.78 is 5.23. The maximum atomic E-state index is 11.5. The first-order chi connectivity index (χ1) is 8.31. The number of benzene rings is 1. The van der Waals surface area contributed by atoms with Crippen molar-refractivity contribution in [3.05, 3.63) is 24.3 Å². The molecule has 0 unspecified atom stereocenters. The van der Waals surface area contributed by atoms with Crippen molar-refractivity contribution in [3.63, 3.8) is 0 Å². The van der Waals surface area contributed by atoms with Crippen molar-refractivity contribution in [2.24, 2.45) is 5.73 Å². The van der Waals surface area contributed by atoms with Crippen LogP contribution in [0.15, 0.2) is 24.3 Å². The first kappa shape index (κ1) is 13.8. The molecule has 0 spiro atoms. The maximum absolute atomic E-state index is 11.5. The fourth-order valence-electron chi connectivity index (χ4n) is 1.20. The summed E-state index contributed by atoms with van der Waals surface area (Å²) in [5.41, 5.74) is 10.1. The van der Waals surface area contributed by atoms with E-state index < -0.39 is 17.4 Å². The molecular formula is C12H17N3O3. The number of hydrogen-bond acceptors (Lipinski definition) is 4. The van der Waals surface area contributed by atoms with Gasteiger partial charge in [-0.3, -0.25) is 9.59 Å². The van der Waals surface area contributed by atoms with Crippen LogP contribution in [0.3, 0.4) is 0 Å². The third-order valence-corrected chi connectivity index (χ3v) is 2.30. The molecule has 6 nitrogen and oxygen atoms in total. The molecule has 0 fully saturated rings. The summed E-state index contributed by atoms with van der Waals surface area (Å²) in [6.45, 7) is 2.83. The van der Waals surface area contributed by atoms with Gasteiger partial charge >= 0.3 is 0 Å². The van der Waals surface area contributed by atoms with Gasteiger partial charge in [0.15, 0.2) is 6.61 Å². The first-order valence-electron chi connectivity index (χ1n) is 5.40. The third kappa shape index (κ3) is 3.97. The monoisotopic (exact) mass is 251 g/mol. The molecule has 2 amide bonds. The highest BCUT2D eigenvalue weighted by atomic mass is 16.5. The highest BCUT2D eigenvalue weighted by Crippen LogP contribution is 2.14. The Balaban J connectivity index is 2.50. The van der Waals surface area contributed by atoms with E-state index in [1.165, 1.54) is 13.8 Å². The smallest absolute Gasteiger partial charge is 0.258 e. The molecule has 1 aromatic rings. The van der Waals surface area contributed by atoms with Crippen LogP contribution >= 0.6 is 0 Å². The number of nitrogens with two attached hydrogens (primary N) is 2. The number of nitrogen functional groups attached to an aromatic ring is 1. The van der Waals surface area contributed by atoms with E-state index in [4.69, 9.17) is 16.2 Å². The van der Waals surface area contributed by atoms with Crippen molar-refractivity contribution in [2.75, 3.05) is 12.3 Å². The van der Waals surface area contributed by atoms with E-state index in [-0.39, 0.29) is 6.61 Å². The fourth-order valence-corrected chi connectivity index (χ4v) is 1.20. The van der Waals surface area contributed by atoms with Gasteiger partial charge in [-0.2, -0.15) is 0 Å². The zero-order valence-corrected chi connectivity index (χ0v) is 10.4. The van der Waals surface area contributed by atoms with Gasteiger partial charge in [0.05, 0.1) is 0 Å². The van der Waals surface area contributed by atoms with Crippen molar-refractivity contribution in [1.29, 1.82) is 0 Å². The molecule has 6 heteroatoms. The van der Waals surface area contributed by atoms with E-state index in [2.05, 4.69) is 5.32 Å². The van der Waals surface area contributed by atoms with Crippen molar-refractivity contribution < 1.29 is 14.3 Å². The van der Waals surface area contributed by atoms with Crippen LogP contribution in [0.1, 0.15) is 13.8 Å². The summed E-state index contributed by atoms with van der Waals surface area (Å²) in [4.78, 5) is 22.6. The summed E-state index contributed by atoms with van der Waals surface area (Å²) in [6.07, 6.45) is 0. The summed E-state index contributed by atoms with van der Waals surface area (Å²) >= 11 is 0. The van der Waals surface area contributed by atoms with Gasteiger partial charge in [0.1, 0.15) is 11.3 Å². The lowest BCUT2D eigenvalue weighted by atomic mass is 10.1. The SMILES string of the molecule is CC(C)(NC(=O)COc1cccc(N)c1)C(N)=O. The Labute approximate surface area is 105 Å². The van der Waals surface area contributed by atoms with E-state index in [1.807, 2.05) is 0 Å². The van der Waals surface area contributed by atoms with Crippen molar-refractivity contribution in [3.8, 4) is 5.75 Å². The molecule has 0 saturated heterocycles. The number of nitrogens with one attached hydrogen (secondary N) is 1. The summed E-state index contributed by atoms with van der Waals surface area (Å²) in [6, 6.07) is 6.72. The molecule has 0 radical (unpaired) electrons. The molecule has 1 rings (SSSR count). The lowest BCUT2D eigenvalue weighted by Crippen LogP contribution is -2.54. The topological polar surface area (TPSA) is 107 Å². The summed E-state index contributed by atoms with van der Waals surface area (Å²) in [7, 11) is 0. The Bertz CT molecular complexity index is 458. The Kier molecular flexibility index (Phi) is 4.14. The minimum Gasteiger partial charge on any atom is -0.484 e. The predicted molar refractivity (Wildman–Crippen MR) is 67.8 cm³/mol. The van der Waals surface area contributed by atoms with Crippen molar-refractivity contribution in [1.82, 2.24) is 5.32 Å². The normalized spacial score (nSPS) is 10.8. The lowest BCUT2D eigenvalue weighted by Gasteiger charge is -2.22. The molecule has 0 aliphatic heterocycles. The molecule has 0 aliphatic carbocycles. The molecule has 0 saturated carbocycles. The second-order valence-corrected chi connectivity index (χ2v) is 4.40. The van der Waals surface area contributed by atoms with Gasteiger partial charge in [0, 0.05) is 11.8 Å². The summed E-state index contributed by atoms with van der Waals surface area (Å²) in [5.74, 6) is -0.553. The number of carbonyl (C=O) groups excluding carboxylic acids is 2. The highest BCUT2D eigenvalue weighted by Gasteiger charge is 2.26. The number of carbonyl (C=O) groups is 2. The second kappa shape index (κ2) is 5.39. The Morgan fingerprint density at radius 2 is 2.06 bits per heavy atom. The lowest BCUT2D eigenvalue weighted by molar-refractivity contribution is -0.131. The minimum absolute atomic E-state index is 0.208. The maximum Gasteiger partial charge on any atom is 0.258 e. The number of amides is 2. The summed E-state index contributed by atoms with van der Waals surface area (Å²) in [5, 5.41) is 2.47. The van der Waals surface area contributed by atoms with E-state index in [0.717, 1.165) is 0 Å². The number of anilines is 1. The van der Waals surface area contributed by atoms with Gasteiger partial charge < -0.3 is 21.5 Å². The Hall–Kier alpha value is -2.24. The highest BCUT2D eigenvalue weighted by molar-refractivity contribution is 5.90. The van der Waals surface area contributed by atoms with Crippen LogP contribution in [0.25, 0.3) is 0 Å². The van der Waals surface area contributed by atoms with Crippen LogP contribution in [0.5, 0.6) is 5.75 Å². The van der Waals surface area contributed by atoms with Crippen molar-refractivity contribution in [2.45, 2.75) is 19.4 Å². The number of hydrogen-bond donors (Lipinski definition) is 3. The van der Waals surface area contributed by atoms with Gasteiger partial charge in [0.25, 0.3) is 5.91 Å². The van der Waals surface area contributed by atoms with Crippen LogP contribution in [0.2, 0.25) is 0 Å². The van der Waals surface area contributed by atoms with E-state index in [9.17, 15) is 9.59 Å². The number of primary amides is 1. The number of ether oxygens (including phenoxy) is 1. The van der Waals surface area contributed by atoms with Gasteiger partial charge in [-0.15, -0.1) is 0 Å². The van der Waals surface area contributed by atoms with Gasteiger partial charge in [-0.1, -0.05) is 6.07 Å². The molecule has 0 bridgehead atoms. The van der Waals surface area contributed by atoms with Crippen LogP contribution in [0.4, 0.5) is 5.69 Å². The van der Waals surface area contributed by atoms with Gasteiger partial charge in [0.2, 0.25) is 5.91 Å². The quantitative estimate of drug-likeness (QED) is 0.641. The molecule has 0 atom stereocenters. The van der Waals surface area contributed by atoms with Gasteiger partial charge in [-0.05, 0) is 26.0 Å². The van der Waals surface area contributed by atoms with Crippen LogP contribution < -0.4 is 21.5 Å². The zero-order valence-electron chi connectivity index (χ0n) is 10.4. The molecule has 98 valence electrons. The third-order valence-electron chi connectivity index (χ3n) is 2.30. The zero-order chi connectivity index (χ0) is 13.8. The molecular weight excluding hydrogens is 234 g/mol.